The van der Waals surface area contributed by atoms with Crippen molar-refractivity contribution in [2.75, 3.05) is 0 Å². The van der Waals surface area contributed by atoms with E-state index in [4.69, 9.17) is 0 Å². The third-order valence-corrected chi connectivity index (χ3v) is 4.73. The summed E-state index contributed by atoms with van der Waals surface area (Å²) in [6.45, 7) is 0. The number of aromatic amines is 1. The van der Waals surface area contributed by atoms with Crippen LogP contribution >= 0.6 is 22.7 Å². The Morgan fingerprint density at radius 2 is 2.18 bits per heavy atom. The maximum Gasteiger partial charge on any atom is 0.178 e. The fraction of sp³-hybridized carbons (Fsp3) is 0. The van der Waals surface area contributed by atoms with E-state index in [1.54, 1.807) is 28.9 Å². The topological polar surface area (TPSA) is 41.6 Å². The molecule has 0 spiro atoms. The summed E-state index contributed by atoms with van der Waals surface area (Å²) in [6, 6.07) is 8.24. The molecule has 0 fully saturated rings. The largest absolute Gasteiger partial charge is 0.336 e. The summed E-state index contributed by atoms with van der Waals surface area (Å²) >= 11 is 3.52. The van der Waals surface area contributed by atoms with Gasteiger partial charge in [0.2, 0.25) is 0 Å². The molecule has 0 atom stereocenters. The average molecular weight is 257 g/mol. The van der Waals surface area contributed by atoms with Gasteiger partial charge in [0, 0.05) is 15.6 Å². The van der Waals surface area contributed by atoms with E-state index in [1.807, 2.05) is 12.1 Å². The average Bonchev–Trinajstić information content (AvgIpc) is 3.01. The predicted octanol–water partition coefficient (Wildman–Crippen LogP) is 3.90. The molecule has 0 amide bonds. The number of pyridine rings is 1. The minimum absolute atomic E-state index is 0.777. The summed E-state index contributed by atoms with van der Waals surface area (Å²) in [7, 11) is 0. The minimum Gasteiger partial charge on any atom is -0.336 e. The van der Waals surface area contributed by atoms with Crippen LogP contribution in [0.15, 0.2) is 35.8 Å². The maximum atomic E-state index is 4.51. The van der Waals surface area contributed by atoms with Gasteiger partial charge in [-0.2, -0.15) is 0 Å². The standard InChI is InChI=1S/C12H7N3S2/c1-2-7-11(13-4-1)15-12(14-7)10-6-9-8(17-10)3-5-16-9/h1-6H,(H,13,14,15). The van der Waals surface area contributed by atoms with Gasteiger partial charge in [-0.25, -0.2) is 9.97 Å². The molecule has 4 rings (SSSR count). The van der Waals surface area contributed by atoms with Gasteiger partial charge < -0.3 is 4.98 Å². The number of fused-ring (bicyclic) bond motifs is 2. The Kier molecular flexibility index (Phi) is 1.86. The second kappa shape index (κ2) is 3.38. The van der Waals surface area contributed by atoms with Crippen molar-refractivity contribution in [3.63, 3.8) is 0 Å². The van der Waals surface area contributed by atoms with Crippen LogP contribution in [-0.4, -0.2) is 15.0 Å². The normalized spacial score (nSPS) is 11.5. The van der Waals surface area contributed by atoms with Crippen LogP contribution in [0.4, 0.5) is 0 Å². The van der Waals surface area contributed by atoms with E-state index in [0.717, 1.165) is 17.0 Å². The predicted molar refractivity (Wildman–Crippen MR) is 72.6 cm³/mol. The molecule has 5 heteroatoms. The van der Waals surface area contributed by atoms with Gasteiger partial charge in [-0.15, -0.1) is 22.7 Å². The molecule has 0 aliphatic heterocycles. The van der Waals surface area contributed by atoms with Gasteiger partial charge in [-0.3, -0.25) is 0 Å². The van der Waals surface area contributed by atoms with Crippen LogP contribution in [0.25, 0.3) is 31.3 Å². The number of imidazole rings is 1. The van der Waals surface area contributed by atoms with Crippen LogP contribution in [0, 0.1) is 0 Å². The Morgan fingerprint density at radius 3 is 3.06 bits per heavy atom. The van der Waals surface area contributed by atoms with Crippen molar-refractivity contribution in [3.05, 3.63) is 35.8 Å². The lowest BCUT2D eigenvalue weighted by Gasteiger charge is -1.86. The zero-order valence-corrected chi connectivity index (χ0v) is 10.3. The summed E-state index contributed by atoms with van der Waals surface area (Å²) < 4.78 is 2.64. The molecule has 3 nitrogen and oxygen atoms in total. The summed E-state index contributed by atoms with van der Waals surface area (Å²) in [6.07, 6.45) is 1.76. The van der Waals surface area contributed by atoms with Gasteiger partial charge >= 0.3 is 0 Å². The minimum atomic E-state index is 0.777. The number of nitrogens with zero attached hydrogens (tertiary/aromatic N) is 2. The number of hydrogen-bond acceptors (Lipinski definition) is 4. The number of nitrogens with one attached hydrogen (secondary N) is 1. The molecule has 0 aliphatic carbocycles. The molecule has 0 unspecified atom stereocenters. The van der Waals surface area contributed by atoms with E-state index in [2.05, 4.69) is 32.5 Å². The zero-order chi connectivity index (χ0) is 11.2. The summed E-state index contributed by atoms with van der Waals surface area (Å²) in [5.74, 6) is 0.909. The zero-order valence-electron chi connectivity index (χ0n) is 8.68. The maximum absolute atomic E-state index is 4.51. The lowest BCUT2D eigenvalue weighted by atomic mass is 10.4. The van der Waals surface area contributed by atoms with Gasteiger partial charge in [0.05, 0.1) is 10.4 Å². The second-order valence-electron chi connectivity index (χ2n) is 3.72. The Labute approximate surface area is 105 Å². The van der Waals surface area contributed by atoms with Crippen molar-refractivity contribution < 1.29 is 0 Å². The first-order valence-corrected chi connectivity index (χ1v) is 6.88. The molecule has 0 aromatic carbocycles. The number of H-pyrrole nitrogens is 1. The summed E-state index contributed by atoms with van der Waals surface area (Å²) in [4.78, 5) is 13.2. The first kappa shape index (κ1) is 9.32. The van der Waals surface area contributed by atoms with Crippen molar-refractivity contribution >= 4 is 43.2 Å². The molecule has 4 heterocycles. The van der Waals surface area contributed by atoms with Crippen LogP contribution in [0.1, 0.15) is 0 Å². The molecule has 4 aromatic heterocycles. The van der Waals surface area contributed by atoms with Crippen molar-refractivity contribution in [1.82, 2.24) is 15.0 Å². The first-order chi connectivity index (χ1) is 8.40. The number of rotatable bonds is 1. The highest BCUT2D eigenvalue weighted by Crippen LogP contribution is 2.35. The molecule has 0 saturated carbocycles. The van der Waals surface area contributed by atoms with E-state index in [9.17, 15) is 0 Å². The third-order valence-electron chi connectivity index (χ3n) is 2.63. The van der Waals surface area contributed by atoms with E-state index in [1.165, 1.54) is 14.3 Å². The number of aromatic nitrogens is 3. The fourth-order valence-corrected chi connectivity index (χ4v) is 3.90. The second-order valence-corrected chi connectivity index (χ2v) is 5.75. The van der Waals surface area contributed by atoms with Crippen molar-refractivity contribution in [3.8, 4) is 10.7 Å². The highest BCUT2D eigenvalue weighted by molar-refractivity contribution is 7.28. The summed E-state index contributed by atoms with van der Waals surface area (Å²) in [5.41, 5.74) is 1.76. The van der Waals surface area contributed by atoms with Crippen molar-refractivity contribution in [2.24, 2.45) is 0 Å². The van der Waals surface area contributed by atoms with Crippen LogP contribution < -0.4 is 0 Å². The lowest BCUT2D eigenvalue weighted by molar-refractivity contribution is 1.31. The van der Waals surface area contributed by atoms with Crippen LogP contribution in [0.2, 0.25) is 0 Å². The molecule has 4 aromatic rings. The third kappa shape index (κ3) is 1.40. The van der Waals surface area contributed by atoms with Gasteiger partial charge in [0.1, 0.15) is 0 Å². The molecule has 0 aliphatic rings. The molecular formula is C12H7N3S2. The SMILES string of the molecule is c1cnc2nc(-c3cc4sccc4s3)[nH]c2c1. The van der Waals surface area contributed by atoms with Gasteiger partial charge in [-0.05, 0) is 29.6 Å². The molecule has 0 radical (unpaired) electrons. The van der Waals surface area contributed by atoms with Gasteiger partial charge in [0.25, 0.3) is 0 Å². The fourth-order valence-electron chi connectivity index (χ4n) is 1.84. The molecule has 0 bridgehead atoms. The number of thiophene rings is 2. The van der Waals surface area contributed by atoms with Crippen LogP contribution in [0.5, 0.6) is 0 Å². The highest BCUT2D eigenvalue weighted by atomic mass is 32.1. The van der Waals surface area contributed by atoms with Gasteiger partial charge in [-0.1, -0.05) is 0 Å². The Bertz CT molecular complexity index is 748. The number of hydrogen-bond donors (Lipinski definition) is 1. The smallest absolute Gasteiger partial charge is 0.178 e. The van der Waals surface area contributed by atoms with Crippen LogP contribution in [0.3, 0.4) is 0 Å². The lowest BCUT2D eigenvalue weighted by Crippen LogP contribution is -1.73. The Morgan fingerprint density at radius 1 is 1.18 bits per heavy atom. The molecular weight excluding hydrogens is 250 g/mol. The Hall–Kier alpha value is -1.72. The van der Waals surface area contributed by atoms with Crippen molar-refractivity contribution in [1.29, 1.82) is 0 Å². The van der Waals surface area contributed by atoms with E-state index >= 15 is 0 Å². The molecule has 0 saturated heterocycles. The van der Waals surface area contributed by atoms with Crippen molar-refractivity contribution in [2.45, 2.75) is 0 Å². The first-order valence-electron chi connectivity index (χ1n) is 5.18. The molecule has 17 heavy (non-hydrogen) atoms. The van der Waals surface area contributed by atoms with E-state index < -0.39 is 0 Å². The Balaban J connectivity index is 1.95. The summed E-state index contributed by atoms with van der Waals surface area (Å²) in [5, 5.41) is 2.12. The monoisotopic (exact) mass is 257 g/mol. The molecule has 82 valence electrons. The quantitative estimate of drug-likeness (QED) is 0.562. The van der Waals surface area contributed by atoms with E-state index in [0.29, 0.717) is 0 Å². The van der Waals surface area contributed by atoms with Crippen LogP contribution in [-0.2, 0) is 0 Å². The van der Waals surface area contributed by atoms with Gasteiger partial charge in [0.15, 0.2) is 11.5 Å². The molecule has 1 N–H and O–H groups in total. The van der Waals surface area contributed by atoms with E-state index in [-0.39, 0.29) is 0 Å². The highest BCUT2D eigenvalue weighted by Gasteiger charge is 2.09.